The van der Waals surface area contributed by atoms with E-state index in [-0.39, 0.29) is 11.5 Å². The SMILES string of the molecule is [O]c1c(N2CCN(Cc3cccc(OC(F)(F)F)c3)CC2)ccc2scnc12. The lowest BCUT2D eigenvalue weighted by Gasteiger charge is -2.36. The second kappa shape index (κ2) is 7.48. The molecule has 0 bridgehead atoms. The molecular weight excluding hydrogens is 391 g/mol. The molecule has 0 atom stereocenters. The summed E-state index contributed by atoms with van der Waals surface area (Å²) < 4.78 is 42.0. The molecule has 1 aliphatic heterocycles. The minimum atomic E-state index is -4.70. The highest BCUT2D eigenvalue weighted by atomic mass is 32.1. The lowest BCUT2D eigenvalue weighted by atomic mass is 10.1. The number of fused-ring (bicyclic) bond motifs is 1. The molecule has 147 valence electrons. The first kappa shape index (κ1) is 18.8. The van der Waals surface area contributed by atoms with Crippen LogP contribution in [0.2, 0.25) is 0 Å². The van der Waals surface area contributed by atoms with Crippen molar-refractivity contribution in [2.75, 3.05) is 31.1 Å². The molecule has 4 rings (SSSR count). The zero-order chi connectivity index (χ0) is 19.7. The number of piperazine rings is 1. The molecule has 2 heterocycles. The van der Waals surface area contributed by atoms with E-state index in [4.69, 9.17) is 0 Å². The first-order valence-corrected chi connectivity index (χ1v) is 9.62. The number of hydrogen-bond donors (Lipinski definition) is 0. The number of benzene rings is 2. The Kier molecular flexibility index (Phi) is 5.03. The van der Waals surface area contributed by atoms with E-state index >= 15 is 0 Å². The van der Waals surface area contributed by atoms with Gasteiger partial charge in [0.15, 0.2) is 0 Å². The first-order valence-electron chi connectivity index (χ1n) is 8.74. The van der Waals surface area contributed by atoms with E-state index in [9.17, 15) is 18.3 Å². The number of nitrogens with zero attached hydrogens (tertiary/aromatic N) is 3. The van der Waals surface area contributed by atoms with Crippen LogP contribution in [0.3, 0.4) is 0 Å². The van der Waals surface area contributed by atoms with Gasteiger partial charge in [-0.1, -0.05) is 12.1 Å². The summed E-state index contributed by atoms with van der Waals surface area (Å²) in [5.74, 6) is -0.264. The Labute approximate surface area is 163 Å². The van der Waals surface area contributed by atoms with Crippen molar-refractivity contribution < 1.29 is 23.0 Å². The van der Waals surface area contributed by atoms with E-state index in [0.29, 0.717) is 43.9 Å². The molecule has 1 fully saturated rings. The van der Waals surface area contributed by atoms with Crippen molar-refractivity contribution in [2.45, 2.75) is 12.9 Å². The second-order valence-corrected chi connectivity index (χ2v) is 7.46. The van der Waals surface area contributed by atoms with Crippen molar-refractivity contribution in [3.63, 3.8) is 0 Å². The highest BCUT2D eigenvalue weighted by Crippen LogP contribution is 2.37. The van der Waals surface area contributed by atoms with Gasteiger partial charge in [-0.05, 0) is 29.8 Å². The van der Waals surface area contributed by atoms with E-state index in [1.165, 1.54) is 23.5 Å². The summed E-state index contributed by atoms with van der Waals surface area (Å²) in [5.41, 5.74) is 3.58. The zero-order valence-electron chi connectivity index (χ0n) is 14.8. The molecule has 1 saturated heterocycles. The summed E-state index contributed by atoms with van der Waals surface area (Å²) in [7, 11) is 0. The van der Waals surface area contributed by atoms with Gasteiger partial charge < -0.3 is 9.64 Å². The van der Waals surface area contributed by atoms with Gasteiger partial charge in [0.25, 0.3) is 0 Å². The second-order valence-electron chi connectivity index (χ2n) is 6.57. The van der Waals surface area contributed by atoms with Crippen LogP contribution in [0.5, 0.6) is 11.5 Å². The maximum atomic E-state index is 12.6. The van der Waals surface area contributed by atoms with Crippen LogP contribution >= 0.6 is 11.3 Å². The van der Waals surface area contributed by atoms with E-state index in [1.807, 2.05) is 17.0 Å². The lowest BCUT2D eigenvalue weighted by molar-refractivity contribution is -0.274. The molecule has 0 N–H and O–H groups in total. The van der Waals surface area contributed by atoms with Gasteiger partial charge >= 0.3 is 6.36 Å². The molecule has 0 aliphatic carbocycles. The van der Waals surface area contributed by atoms with Crippen LogP contribution in [0, 0.1) is 0 Å². The predicted molar refractivity (Wildman–Crippen MR) is 100 cm³/mol. The molecule has 2 aromatic carbocycles. The number of halogens is 3. The average molecular weight is 408 g/mol. The van der Waals surface area contributed by atoms with Crippen molar-refractivity contribution in [1.29, 1.82) is 0 Å². The van der Waals surface area contributed by atoms with Crippen molar-refractivity contribution in [1.82, 2.24) is 9.88 Å². The third kappa shape index (κ3) is 4.15. The Bertz CT molecular complexity index is 968. The Morgan fingerprint density at radius 3 is 2.64 bits per heavy atom. The number of thiazole rings is 1. The molecule has 3 aromatic rings. The first-order chi connectivity index (χ1) is 13.4. The zero-order valence-corrected chi connectivity index (χ0v) is 15.6. The van der Waals surface area contributed by atoms with Crippen LogP contribution in [0.1, 0.15) is 5.56 Å². The summed E-state index contributed by atoms with van der Waals surface area (Å²) in [6, 6.07) is 9.80. The topological polar surface area (TPSA) is 48.5 Å². The minimum Gasteiger partial charge on any atom is -0.406 e. The van der Waals surface area contributed by atoms with Crippen molar-refractivity contribution in [3.8, 4) is 11.5 Å². The van der Waals surface area contributed by atoms with Crippen molar-refractivity contribution in [2.24, 2.45) is 0 Å². The Balaban J connectivity index is 1.39. The van der Waals surface area contributed by atoms with Crippen molar-refractivity contribution in [3.05, 3.63) is 47.5 Å². The molecule has 5 nitrogen and oxygen atoms in total. The molecule has 28 heavy (non-hydrogen) atoms. The van der Waals surface area contributed by atoms with Gasteiger partial charge in [-0.3, -0.25) is 10.0 Å². The number of alkyl halides is 3. The molecule has 1 aromatic heterocycles. The van der Waals surface area contributed by atoms with E-state index in [0.717, 1.165) is 10.3 Å². The summed E-state index contributed by atoms with van der Waals surface area (Å²) in [5, 5.41) is 12.6. The van der Waals surface area contributed by atoms with Crippen LogP contribution < -0.4 is 9.64 Å². The summed E-state index contributed by atoms with van der Waals surface area (Å²) in [4.78, 5) is 8.35. The highest BCUT2D eigenvalue weighted by molar-refractivity contribution is 7.16. The van der Waals surface area contributed by atoms with Gasteiger partial charge in [0.1, 0.15) is 11.3 Å². The Morgan fingerprint density at radius 2 is 1.89 bits per heavy atom. The fourth-order valence-electron chi connectivity index (χ4n) is 3.39. The fraction of sp³-hybridized carbons (Fsp3) is 0.316. The number of anilines is 1. The Morgan fingerprint density at radius 1 is 1.11 bits per heavy atom. The van der Waals surface area contributed by atoms with Gasteiger partial charge in [0, 0.05) is 32.7 Å². The van der Waals surface area contributed by atoms with E-state index < -0.39 is 6.36 Å². The van der Waals surface area contributed by atoms with Crippen LogP contribution in [0.15, 0.2) is 41.9 Å². The maximum absolute atomic E-state index is 12.6. The number of aromatic nitrogens is 1. The number of ether oxygens (including phenoxy) is 1. The molecule has 0 saturated carbocycles. The summed E-state index contributed by atoms with van der Waals surface area (Å²) in [6.45, 7) is 3.28. The highest BCUT2D eigenvalue weighted by Gasteiger charge is 2.31. The van der Waals surface area contributed by atoms with Gasteiger partial charge in [-0.25, -0.2) is 4.98 Å². The van der Waals surface area contributed by atoms with E-state index in [1.54, 1.807) is 17.6 Å². The van der Waals surface area contributed by atoms with Crippen LogP contribution in [0.25, 0.3) is 10.2 Å². The lowest BCUT2D eigenvalue weighted by Crippen LogP contribution is -2.46. The Hall–Kier alpha value is -2.52. The van der Waals surface area contributed by atoms with E-state index in [2.05, 4.69) is 14.6 Å². The molecule has 0 amide bonds. The van der Waals surface area contributed by atoms with Crippen LogP contribution in [-0.2, 0) is 11.7 Å². The number of rotatable bonds is 4. The van der Waals surface area contributed by atoms with Crippen molar-refractivity contribution >= 4 is 27.2 Å². The van der Waals surface area contributed by atoms with Crippen LogP contribution in [-0.4, -0.2) is 42.4 Å². The third-order valence-electron chi connectivity index (χ3n) is 4.69. The minimum absolute atomic E-state index is 0.0517. The molecule has 0 spiro atoms. The molecule has 9 heteroatoms. The van der Waals surface area contributed by atoms with Gasteiger partial charge in [0.05, 0.1) is 15.9 Å². The summed E-state index contributed by atoms with van der Waals surface area (Å²) in [6.07, 6.45) is -4.70. The standard InChI is InChI=1S/C19H17F3N3O2S/c20-19(21,22)27-14-3-1-2-13(10-14)11-24-6-8-25(9-7-24)15-4-5-16-17(18(15)26)23-12-28-16/h1-5,10,12H,6-9,11H2. The maximum Gasteiger partial charge on any atom is 0.573 e. The van der Waals surface area contributed by atoms with Gasteiger partial charge in [-0.15, -0.1) is 24.5 Å². The third-order valence-corrected chi connectivity index (χ3v) is 5.48. The van der Waals surface area contributed by atoms with Gasteiger partial charge in [0.2, 0.25) is 5.75 Å². The number of hydrogen-bond acceptors (Lipinski definition) is 5. The molecule has 1 aliphatic rings. The van der Waals surface area contributed by atoms with Gasteiger partial charge in [-0.2, -0.15) is 0 Å². The predicted octanol–water partition coefficient (Wildman–Crippen LogP) is 4.66. The monoisotopic (exact) mass is 408 g/mol. The molecule has 1 radical (unpaired) electrons. The normalized spacial score (nSPS) is 15.9. The fourth-order valence-corrected chi connectivity index (χ4v) is 4.07. The largest absolute Gasteiger partial charge is 0.573 e. The average Bonchev–Trinajstić information content (AvgIpc) is 3.12. The molecule has 0 unspecified atom stereocenters. The van der Waals surface area contributed by atoms with Crippen LogP contribution in [0.4, 0.5) is 18.9 Å². The quantitative estimate of drug-likeness (QED) is 0.630. The molecular formula is C19H17F3N3O2S. The smallest absolute Gasteiger partial charge is 0.406 e. The summed E-state index contributed by atoms with van der Waals surface area (Å²) >= 11 is 1.44.